The van der Waals surface area contributed by atoms with Gasteiger partial charge in [-0.2, -0.15) is 0 Å². The van der Waals surface area contributed by atoms with E-state index in [4.69, 9.17) is 9.47 Å². The average molecular weight is 451 g/mol. The van der Waals surface area contributed by atoms with Crippen molar-refractivity contribution in [2.24, 2.45) is 0 Å². The van der Waals surface area contributed by atoms with Gasteiger partial charge in [0.25, 0.3) is 5.91 Å². The molecule has 2 aliphatic rings. The minimum atomic E-state index is -0.185. The fourth-order valence-corrected chi connectivity index (χ4v) is 5.16. The van der Waals surface area contributed by atoms with Gasteiger partial charge < -0.3 is 14.4 Å². The third kappa shape index (κ3) is 5.59. The number of carbonyl (C=O) groups excluding carboxylic acids is 1. The highest BCUT2D eigenvalue weighted by molar-refractivity contribution is 5.94. The molecule has 0 bridgehead atoms. The maximum atomic E-state index is 13.2. The molecule has 0 N–H and O–H groups in total. The van der Waals surface area contributed by atoms with Gasteiger partial charge in [0.05, 0.1) is 17.8 Å². The summed E-state index contributed by atoms with van der Waals surface area (Å²) < 4.78 is 12.6. The van der Waals surface area contributed by atoms with E-state index in [0.717, 1.165) is 68.9 Å². The summed E-state index contributed by atoms with van der Waals surface area (Å²) in [5, 5.41) is 0. The van der Waals surface area contributed by atoms with Crippen molar-refractivity contribution in [3.63, 3.8) is 0 Å². The largest absolute Gasteiger partial charge is 0.491 e. The summed E-state index contributed by atoms with van der Waals surface area (Å²) in [5.74, 6) is 0.947. The maximum Gasteiger partial charge on any atom is 0.253 e. The van der Waals surface area contributed by atoms with E-state index >= 15 is 0 Å². The number of carbonyl (C=O) groups is 1. The van der Waals surface area contributed by atoms with E-state index < -0.39 is 0 Å². The van der Waals surface area contributed by atoms with Crippen LogP contribution in [0.3, 0.4) is 0 Å². The van der Waals surface area contributed by atoms with Crippen LogP contribution in [-0.4, -0.2) is 60.1 Å². The lowest BCUT2D eigenvalue weighted by Crippen LogP contribution is -2.58. The highest BCUT2D eigenvalue weighted by Gasteiger charge is 2.43. The molecule has 0 saturated carbocycles. The molecule has 2 aliphatic heterocycles. The van der Waals surface area contributed by atoms with Crippen LogP contribution < -0.4 is 4.74 Å². The number of aryl methyl sites for hydroxylation is 1. The standard InChI is InChI=1S/C28H38N2O3/c1-5-15-29-19-26(23-9-7-6-8-10-23)33-28(20-29)13-16-30(17-14-28)27(31)24-11-12-25(22(4)18-24)32-21(2)3/h6-12,18,21,26H,5,13-17,19-20H2,1-4H3. The van der Waals surface area contributed by atoms with Crippen molar-refractivity contribution in [3.05, 3.63) is 65.2 Å². The number of ether oxygens (including phenoxy) is 2. The maximum absolute atomic E-state index is 13.2. The van der Waals surface area contributed by atoms with Crippen molar-refractivity contribution in [1.29, 1.82) is 0 Å². The molecule has 0 aliphatic carbocycles. The molecule has 1 amide bonds. The number of hydrogen-bond donors (Lipinski definition) is 0. The zero-order valence-corrected chi connectivity index (χ0v) is 20.5. The van der Waals surface area contributed by atoms with Gasteiger partial charge in [-0.3, -0.25) is 9.69 Å². The van der Waals surface area contributed by atoms with Gasteiger partial charge in [0.2, 0.25) is 0 Å². The second kappa shape index (κ2) is 10.3. The molecular weight excluding hydrogens is 412 g/mol. The molecule has 2 fully saturated rings. The van der Waals surface area contributed by atoms with Crippen molar-refractivity contribution < 1.29 is 14.3 Å². The fourth-order valence-electron chi connectivity index (χ4n) is 5.16. The molecule has 1 unspecified atom stereocenters. The number of rotatable bonds is 6. The van der Waals surface area contributed by atoms with Crippen molar-refractivity contribution in [3.8, 4) is 5.75 Å². The summed E-state index contributed by atoms with van der Waals surface area (Å²) in [7, 11) is 0. The molecule has 0 radical (unpaired) electrons. The molecule has 4 rings (SSSR count). The van der Waals surface area contributed by atoms with Crippen molar-refractivity contribution in [2.75, 3.05) is 32.7 Å². The predicted molar refractivity (Wildman–Crippen MR) is 132 cm³/mol. The SMILES string of the molecule is CCCN1CC(c2ccccc2)OC2(CCN(C(=O)c3ccc(OC(C)C)c(C)c3)CC2)C1. The molecule has 5 heteroatoms. The Hall–Kier alpha value is -2.37. The van der Waals surface area contributed by atoms with E-state index in [2.05, 4.69) is 42.2 Å². The zero-order chi connectivity index (χ0) is 23.4. The molecule has 1 spiro atoms. The Morgan fingerprint density at radius 1 is 1.15 bits per heavy atom. The molecule has 2 heterocycles. The van der Waals surface area contributed by atoms with Gasteiger partial charge in [0.15, 0.2) is 0 Å². The van der Waals surface area contributed by atoms with Crippen LogP contribution in [0.1, 0.15) is 67.6 Å². The first kappa shape index (κ1) is 23.8. The number of morpholine rings is 1. The lowest BCUT2D eigenvalue weighted by Gasteiger charge is -2.50. The van der Waals surface area contributed by atoms with Gasteiger partial charge in [-0.25, -0.2) is 0 Å². The zero-order valence-electron chi connectivity index (χ0n) is 20.5. The minimum absolute atomic E-state index is 0.0879. The van der Waals surface area contributed by atoms with Crippen LogP contribution in [0.15, 0.2) is 48.5 Å². The van der Waals surface area contributed by atoms with Gasteiger partial charge in [0.1, 0.15) is 5.75 Å². The van der Waals surface area contributed by atoms with Gasteiger partial charge in [0, 0.05) is 31.7 Å². The molecule has 1 atom stereocenters. The molecule has 5 nitrogen and oxygen atoms in total. The Kier molecular flexibility index (Phi) is 7.40. The first-order valence-electron chi connectivity index (χ1n) is 12.4. The van der Waals surface area contributed by atoms with Crippen molar-refractivity contribution >= 4 is 5.91 Å². The van der Waals surface area contributed by atoms with Crippen LogP contribution >= 0.6 is 0 Å². The van der Waals surface area contributed by atoms with Crippen LogP contribution in [0.2, 0.25) is 0 Å². The van der Waals surface area contributed by atoms with Crippen LogP contribution in [0, 0.1) is 6.92 Å². The fraction of sp³-hybridized carbons (Fsp3) is 0.536. The summed E-state index contributed by atoms with van der Waals surface area (Å²) in [6.07, 6.45) is 3.08. The van der Waals surface area contributed by atoms with Crippen LogP contribution in [0.4, 0.5) is 0 Å². The van der Waals surface area contributed by atoms with E-state index in [-0.39, 0.29) is 23.7 Å². The highest BCUT2D eigenvalue weighted by atomic mass is 16.5. The van der Waals surface area contributed by atoms with E-state index in [1.807, 2.05) is 43.9 Å². The molecule has 2 aromatic rings. The Balaban J connectivity index is 1.44. The smallest absolute Gasteiger partial charge is 0.253 e. The van der Waals surface area contributed by atoms with Crippen LogP contribution in [0.5, 0.6) is 5.75 Å². The Bertz CT molecular complexity index is 935. The number of hydrogen-bond acceptors (Lipinski definition) is 4. The van der Waals surface area contributed by atoms with Gasteiger partial charge in [-0.15, -0.1) is 0 Å². The van der Waals surface area contributed by atoms with Gasteiger partial charge in [-0.1, -0.05) is 37.3 Å². The number of benzene rings is 2. The number of piperidine rings is 1. The quantitative estimate of drug-likeness (QED) is 0.604. The summed E-state index contributed by atoms with van der Waals surface area (Å²) in [4.78, 5) is 17.8. The summed E-state index contributed by atoms with van der Waals surface area (Å²) >= 11 is 0. The Morgan fingerprint density at radius 2 is 1.88 bits per heavy atom. The van der Waals surface area contributed by atoms with E-state index in [9.17, 15) is 4.79 Å². The minimum Gasteiger partial charge on any atom is -0.491 e. The topological polar surface area (TPSA) is 42.0 Å². The number of amides is 1. The van der Waals surface area contributed by atoms with E-state index in [1.54, 1.807) is 0 Å². The van der Waals surface area contributed by atoms with Gasteiger partial charge in [-0.05, 0) is 75.9 Å². The van der Waals surface area contributed by atoms with Crippen LogP contribution in [0.25, 0.3) is 0 Å². The Labute approximate surface area is 198 Å². The highest BCUT2D eigenvalue weighted by Crippen LogP contribution is 2.38. The second-order valence-corrected chi connectivity index (χ2v) is 9.87. The molecular formula is C28H38N2O3. The average Bonchev–Trinajstić information content (AvgIpc) is 2.81. The molecule has 2 saturated heterocycles. The van der Waals surface area contributed by atoms with Gasteiger partial charge >= 0.3 is 0 Å². The summed E-state index contributed by atoms with van der Waals surface area (Å²) in [5.41, 5.74) is 2.80. The first-order valence-corrected chi connectivity index (χ1v) is 12.4. The second-order valence-electron chi connectivity index (χ2n) is 9.87. The number of nitrogens with zero attached hydrogens (tertiary/aromatic N) is 2. The lowest BCUT2D eigenvalue weighted by molar-refractivity contribution is -0.175. The lowest BCUT2D eigenvalue weighted by atomic mass is 9.87. The van der Waals surface area contributed by atoms with Crippen molar-refractivity contribution in [2.45, 2.75) is 64.8 Å². The molecule has 0 aromatic heterocycles. The first-order chi connectivity index (χ1) is 15.9. The predicted octanol–water partition coefficient (Wildman–Crippen LogP) is 5.24. The summed E-state index contributed by atoms with van der Waals surface area (Å²) in [6.45, 7) is 12.7. The van der Waals surface area contributed by atoms with E-state index in [0.29, 0.717) is 0 Å². The molecule has 178 valence electrons. The van der Waals surface area contributed by atoms with Crippen LogP contribution in [-0.2, 0) is 4.74 Å². The molecule has 2 aromatic carbocycles. The Morgan fingerprint density at radius 3 is 2.52 bits per heavy atom. The van der Waals surface area contributed by atoms with Crippen molar-refractivity contribution in [1.82, 2.24) is 9.80 Å². The third-order valence-corrected chi connectivity index (χ3v) is 6.79. The number of likely N-dealkylation sites (tertiary alicyclic amines) is 1. The summed E-state index contributed by atoms with van der Waals surface area (Å²) in [6, 6.07) is 16.3. The monoisotopic (exact) mass is 450 g/mol. The third-order valence-electron chi connectivity index (χ3n) is 6.79. The molecule has 33 heavy (non-hydrogen) atoms. The van der Waals surface area contributed by atoms with E-state index in [1.165, 1.54) is 5.56 Å². The normalized spacial score (nSPS) is 20.9.